The topological polar surface area (TPSA) is 82.7 Å². The van der Waals surface area contributed by atoms with Crippen LogP contribution in [0.2, 0.25) is 0 Å². The van der Waals surface area contributed by atoms with Gasteiger partial charge < -0.3 is 10.2 Å². The monoisotopic (exact) mass is 319 g/mol. The Morgan fingerprint density at radius 2 is 2.23 bits per heavy atom. The number of aromatic nitrogens is 4. The normalized spacial score (nSPS) is 17.7. The molecule has 0 aromatic carbocycles. The summed E-state index contributed by atoms with van der Waals surface area (Å²) in [6.45, 7) is 4.83. The number of hydrogen-bond donors (Lipinski definition) is 1. The second-order valence-electron chi connectivity index (χ2n) is 5.24. The fourth-order valence-corrected chi connectivity index (χ4v) is 2.50. The predicted molar refractivity (Wildman–Crippen MR) is 85.9 cm³/mol. The van der Waals surface area contributed by atoms with E-state index in [1.807, 2.05) is 13.2 Å². The first-order chi connectivity index (χ1) is 10.2. The number of aryl methyl sites for hydroxylation is 1. The van der Waals surface area contributed by atoms with Crippen molar-refractivity contribution in [3.05, 3.63) is 24.3 Å². The molecule has 1 fully saturated rings. The van der Waals surface area contributed by atoms with Gasteiger partial charge in [-0.3, -0.25) is 4.68 Å². The van der Waals surface area contributed by atoms with Crippen molar-refractivity contribution in [2.45, 2.75) is 13.0 Å². The van der Waals surface area contributed by atoms with E-state index in [-0.39, 0.29) is 12.4 Å². The molecule has 8 heteroatoms. The Kier molecular flexibility index (Phi) is 4.96. The summed E-state index contributed by atoms with van der Waals surface area (Å²) < 4.78 is 1.69. The van der Waals surface area contributed by atoms with Crippen LogP contribution in [0.15, 0.2) is 18.6 Å². The molecule has 116 valence electrons. The van der Waals surface area contributed by atoms with Crippen LogP contribution in [0.3, 0.4) is 0 Å². The highest BCUT2D eigenvalue weighted by molar-refractivity contribution is 5.85. The number of piperazine rings is 1. The molecule has 2 aromatic heterocycles. The number of nitrogens with one attached hydrogen (secondary N) is 1. The Labute approximate surface area is 135 Å². The fourth-order valence-electron chi connectivity index (χ4n) is 2.50. The molecule has 0 spiro atoms. The third-order valence-electron chi connectivity index (χ3n) is 3.54. The molecule has 7 nitrogen and oxygen atoms in total. The van der Waals surface area contributed by atoms with Gasteiger partial charge in [-0.25, -0.2) is 9.97 Å². The van der Waals surface area contributed by atoms with Crippen LogP contribution in [0.25, 0.3) is 11.3 Å². The molecule has 1 aliphatic heterocycles. The molecule has 3 heterocycles. The van der Waals surface area contributed by atoms with Crippen LogP contribution in [-0.4, -0.2) is 45.4 Å². The average Bonchev–Trinajstić information content (AvgIpc) is 2.93. The second kappa shape index (κ2) is 6.73. The lowest BCUT2D eigenvalue weighted by molar-refractivity contribution is 0.482. The van der Waals surface area contributed by atoms with Gasteiger partial charge in [-0.2, -0.15) is 10.4 Å². The molecule has 22 heavy (non-hydrogen) atoms. The van der Waals surface area contributed by atoms with Crippen LogP contribution < -0.4 is 10.2 Å². The van der Waals surface area contributed by atoms with Gasteiger partial charge in [-0.1, -0.05) is 0 Å². The van der Waals surface area contributed by atoms with E-state index < -0.39 is 0 Å². The fraction of sp³-hybridized carbons (Fsp3) is 0.429. The molecule has 2 aromatic rings. The number of nitriles is 1. The van der Waals surface area contributed by atoms with Crippen molar-refractivity contribution in [2.24, 2.45) is 7.05 Å². The molecule has 0 amide bonds. The van der Waals surface area contributed by atoms with Crippen molar-refractivity contribution in [1.82, 2.24) is 25.1 Å². The highest BCUT2D eigenvalue weighted by Gasteiger charge is 2.19. The van der Waals surface area contributed by atoms with E-state index in [0.717, 1.165) is 31.0 Å². The molecule has 0 aliphatic carbocycles. The van der Waals surface area contributed by atoms with Gasteiger partial charge in [0.15, 0.2) is 5.69 Å². The molecule has 0 unspecified atom stereocenters. The van der Waals surface area contributed by atoms with E-state index in [1.165, 1.54) is 0 Å². The van der Waals surface area contributed by atoms with Gasteiger partial charge in [0.1, 0.15) is 17.6 Å². The molecule has 0 saturated carbocycles. The minimum atomic E-state index is 0. The van der Waals surface area contributed by atoms with Crippen molar-refractivity contribution in [2.75, 3.05) is 24.5 Å². The smallest absolute Gasteiger partial charge is 0.167 e. The summed E-state index contributed by atoms with van der Waals surface area (Å²) in [7, 11) is 1.84. The third kappa shape index (κ3) is 3.18. The van der Waals surface area contributed by atoms with Crippen LogP contribution in [0.5, 0.6) is 0 Å². The maximum Gasteiger partial charge on any atom is 0.167 e. The SMILES string of the molecule is C[C@@H]1CN(c2cnc(C#N)c(-c3cnn(C)c3)n2)CCN1.Cl. The standard InChI is InChI=1S/C14H17N7.ClH/c1-10-8-21(4-3-16-10)13-7-17-12(5-15)14(19-13)11-6-18-20(2)9-11;/h6-7,9-10,16H,3-4,8H2,1-2H3;1H/t10-;/m1./s1. The Balaban J connectivity index is 0.00000176. The first kappa shape index (κ1) is 16.2. The Morgan fingerprint density at radius 1 is 1.41 bits per heavy atom. The van der Waals surface area contributed by atoms with Gasteiger partial charge >= 0.3 is 0 Å². The molecule has 1 aliphatic rings. The van der Waals surface area contributed by atoms with Gasteiger partial charge in [0.2, 0.25) is 0 Å². The lowest BCUT2D eigenvalue weighted by Gasteiger charge is -2.32. The summed E-state index contributed by atoms with van der Waals surface area (Å²) in [5.41, 5.74) is 1.73. The zero-order chi connectivity index (χ0) is 14.8. The number of hydrogen-bond acceptors (Lipinski definition) is 6. The van der Waals surface area contributed by atoms with Crippen molar-refractivity contribution in [3.63, 3.8) is 0 Å². The zero-order valence-electron chi connectivity index (χ0n) is 12.5. The number of nitrogens with zero attached hydrogens (tertiary/aromatic N) is 6. The Bertz CT molecular complexity index is 691. The quantitative estimate of drug-likeness (QED) is 0.888. The highest BCUT2D eigenvalue weighted by atomic mass is 35.5. The summed E-state index contributed by atoms with van der Waals surface area (Å²) in [5.74, 6) is 0.807. The van der Waals surface area contributed by atoms with Gasteiger partial charge in [0, 0.05) is 44.5 Å². The van der Waals surface area contributed by atoms with Gasteiger partial charge in [0.25, 0.3) is 0 Å². The Morgan fingerprint density at radius 3 is 2.86 bits per heavy atom. The zero-order valence-corrected chi connectivity index (χ0v) is 13.3. The van der Waals surface area contributed by atoms with Crippen molar-refractivity contribution >= 4 is 18.2 Å². The predicted octanol–water partition coefficient (Wildman–Crippen LogP) is 0.969. The molecule has 1 N–H and O–H groups in total. The summed E-state index contributed by atoms with van der Waals surface area (Å²) in [4.78, 5) is 11.1. The number of halogens is 1. The van der Waals surface area contributed by atoms with E-state index in [1.54, 1.807) is 17.1 Å². The van der Waals surface area contributed by atoms with Gasteiger partial charge in [-0.05, 0) is 6.92 Å². The minimum Gasteiger partial charge on any atom is -0.352 e. The van der Waals surface area contributed by atoms with Crippen molar-refractivity contribution in [1.29, 1.82) is 5.26 Å². The van der Waals surface area contributed by atoms with Gasteiger partial charge in [0.05, 0.1) is 12.4 Å². The molecule has 3 rings (SSSR count). The molecule has 1 saturated heterocycles. The lowest BCUT2D eigenvalue weighted by atomic mass is 10.2. The molecule has 1 atom stereocenters. The largest absolute Gasteiger partial charge is 0.352 e. The molecular weight excluding hydrogens is 302 g/mol. The van der Waals surface area contributed by atoms with E-state index >= 15 is 0 Å². The average molecular weight is 320 g/mol. The number of anilines is 1. The van der Waals surface area contributed by atoms with Crippen LogP contribution >= 0.6 is 12.4 Å². The molecule has 0 bridgehead atoms. The van der Waals surface area contributed by atoms with E-state index in [2.05, 4.69) is 38.3 Å². The highest BCUT2D eigenvalue weighted by Crippen LogP contribution is 2.22. The maximum atomic E-state index is 9.23. The maximum absolute atomic E-state index is 9.23. The van der Waals surface area contributed by atoms with Crippen molar-refractivity contribution in [3.8, 4) is 17.3 Å². The first-order valence-electron chi connectivity index (χ1n) is 6.92. The summed E-state index contributed by atoms with van der Waals surface area (Å²) >= 11 is 0. The summed E-state index contributed by atoms with van der Waals surface area (Å²) in [5, 5.41) is 16.8. The Hall–Kier alpha value is -2.17. The van der Waals surface area contributed by atoms with Crippen LogP contribution in [0, 0.1) is 11.3 Å². The lowest BCUT2D eigenvalue weighted by Crippen LogP contribution is -2.49. The first-order valence-corrected chi connectivity index (χ1v) is 6.92. The van der Waals surface area contributed by atoms with E-state index in [0.29, 0.717) is 17.4 Å². The number of rotatable bonds is 2. The van der Waals surface area contributed by atoms with E-state index in [9.17, 15) is 5.26 Å². The van der Waals surface area contributed by atoms with Gasteiger partial charge in [-0.15, -0.1) is 12.4 Å². The molecular formula is C14H18ClN7. The van der Waals surface area contributed by atoms with Crippen LogP contribution in [0.4, 0.5) is 5.82 Å². The van der Waals surface area contributed by atoms with Crippen LogP contribution in [-0.2, 0) is 7.05 Å². The summed E-state index contributed by atoms with van der Waals surface area (Å²) in [6, 6.07) is 2.52. The molecule has 0 radical (unpaired) electrons. The third-order valence-corrected chi connectivity index (χ3v) is 3.54. The van der Waals surface area contributed by atoms with E-state index in [4.69, 9.17) is 0 Å². The van der Waals surface area contributed by atoms with Crippen molar-refractivity contribution < 1.29 is 0 Å². The summed E-state index contributed by atoms with van der Waals surface area (Å²) in [6.07, 6.45) is 5.22. The minimum absolute atomic E-state index is 0. The van der Waals surface area contributed by atoms with Crippen LogP contribution in [0.1, 0.15) is 12.6 Å². The second-order valence-corrected chi connectivity index (χ2v) is 5.24.